The molecule has 0 amide bonds. The van der Waals surface area contributed by atoms with E-state index in [2.05, 4.69) is 9.24 Å². The summed E-state index contributed by atoms with van der Waals surface area (Å²) in [5.74, 6) is -0.169. The van der Waals surface area contributed by atoms with Gasteiger partial charge in [0.25, 0.3) is 0 Å². The molecule has 1 rings (SSSR count). The molecule has 0 aliphatic rings. The van der Waals surface area contributed by atoms with E-state index in [-0.39, 0.29) is 30.6 Å². The number of rotatable bonds is 0. The van der Waals surface area contributed by atoms with Crippen LogP contribution in [0.15, 0.2) is 24.3 Å². The first kappa shape index (κ1) is 12.8. The second-order valence-corrected chi connectivity index (χ2v) is 2.14. The van der Waals surface area contributed by atoms with Crippen molar-refractivity contribution in [2.24, 2.45) is 0 Å². The van der Waals surface area contributed by atoms with Crippen molar-refractivity contribution >= 4 is 39.4 Å². The molecular weight excluding hydrogens is 193 g/mol. The van der Waals surface area contributed by atoms with Crippen LogP contribution in [0.2, 0.25) is 0 Å². The van der Waals surface area contributed by atoms with E-state index in [1.54, 1.807) is 18.2 Å². The molecule has 10 heavy (non-hydrogen) atoms. The van der Waals surface area contributed by atoms with Crippen molar-refractivity contribution in [2.45, 2.75) is 0 Å². The van der Waals surface area contributed by atoms with Gasteiger partial charge in [-0.3, -0.25) is 0 Å². The van der Waals surface area contributed by atoms with E-state index in [1.165, 1.54) is 6.07 Å². The zero-order chi connectivity index (χ0) is 5.98. The van der Waals surface area contributed by atoms with Crippen molar-refractivity contribution in [3.05, 3.63) is 30.1 Å². The molecule has 0 aliphatic carbocycles. The Bertz CT molecular complexity index is 172. The molecule has 0 N–H and O–H groups in total. The first-order valence-corrected chi connectivity index (χ1v) is 2.88. The van der Waals surface area contributed by atoms with Gasteiger partial charge in [-0.25, -0.2) is 4.39 Å². The lowest BCUT2D eigenvalue weighted by molar-refractivity contribution is 0.636. The van der Waals surface area contributed by atoms with Gasteiger partial charge in [0.05, 0.1) is 0 Å². The van der Waals surface area contributed by atoms with Gasteiger partial charge in [-0.05, 0) is 6.07 Å². The van der Waals surface area contributed by atoms with Gasteiger partial charge in [0.1, 0.15) is 5.82 Å². The predicted molar refractivity (Wildman–Crippen MR) is 50.2 cm³/mol. The van der Waals surface area contributed by atoms with E-state index in [4.69, 9.17) is 0 Å². The normalized spacial score (nSPS) is 7.40. The maximum absolute atomic E-state index is 12.3. The summed E-state index contributed by atoms with van der Waals surface area (Å²) in [6.45, 7) is 0. The van der Waals surface area contributed by atoms with E-state index >= 15 is 0 Å². The number of halogens is 3. The second-order valence-electron chi connectivity index (χ2n) is 1.52. The monoisotopic (exact) mass is 200 g/mol. The van der Waals surface area contributed by atoms with Crippen LogP contribution in [0.1, 0.15) is 0 Å². The minimum Gasteiger partial charge on any atom is -0.206 e. The summed E-state index contributed by atoms with van der Waals surface area (Å²) in [4.78, 5) is 0. The largest absolute Gasteiger partial charge is 0.206 e. The van der Waals surface area contributed by atoms with Crippen LogP contribution < -0.4 is 5.30 Å². The molecule has 0 nitrogen and oxygen atoms in total. The highest BCUT2D eigenvalue weighted by atomic mass is 35.5. The summed E-state index contributed by atoms with van der Waals surface area (Å²) in [6, 6.07) is 6.61. The standard InChI is InChI=1S/C6H6FP.2ClH/c7-5-3-1-2-4-6(5)8;;/h1-4H,8H2;2*1H. The summed E-state index contributed by atoms with van der Waals surface area (Å²) >= 11 is 0. The lowest BCUT2D eigenvalue weighted by Gasteiger charge is -1.89. The minimum atomic E-state index is -0.169. The van der Waals surface area contributed by atoms with Gasteiger partial charge in [-0.15, -0.1) is 34.1 Å². The average Bonchev–Trinajstić information content (AvgIpc) is 1.77. The third-order valence-electron chi connectivity index (χ3n) is 0.905. The fourth-order valence-corrected chi connectivity index (χ4v) is 0.682. The molecule has 0 saturated heterocycles. The highest BCUT2D eigenvalue weighted by Crippen LogP contribution is 1.95. The van der Waals surface area contributed by atoms with E-state index in [0.717, 1.165) is 0 Å². The molecule has 0 radical (unpaired) electrons. The van der Waals surface area contributed by atoms with Crippen molar-refractivity contribution < 1.29 is 4.39 Å². The van der Waals surface area contributed by atoms with Crippen molar-refractivity contribution in [3.63, 3.8) is 0 Å². The molecule has 0 spiro atoms. The maximum atomic E-state index is 12.3. The maximum Gasteiger partial charge on any atom is 0.130 e. The number of hydrogen-bond acceptors (Lipinski definition) is 0. The van der Waals surface area contributed by atoms with Gasteiger partial charge in [-0.1, -0.05) is 18.2 Å². The molecule has 0 aliphatic heterocycles. The third kappa shape index (κ3) is 3.36. The van der Waals surface area contributed by atoms with Crippen LogP contribution >= 0.6 is 34.1 Å². The molecule has 58 valence electrons. The molecule has 0 fully saturated rings. The van der Waals surface area contributed by atoms with Gasteiger partial charge in [-0.2, -0.15) is 0 Å². The zero-order valence-corrected chi connectivity index (χ0v) is 7.87. The molecule has 4 heteroatoms. The summed E-state index contributed by atoms with van der Waals surface area (Å²) in [5, 5.41) is 0.618. The van der Waals surface area contributed by atoms with Crippen LogP contribution in [0.5, 0.6) is 0 Å². The van der Waals surface area contributed by atoms with E-state index in [1.807, 2.05) is 0 Å². The Labute approximate surface area is 74.2 Å². The fraction of sp³-hybridized carbons (Fsp3) is 0. The zero-order valence-electron chi connectivity index (χ0n) is 5.08. The minimum absolute atomic E-state index is 0. The first-order chi connectivity index (χ1) is 3.80. The molecule has 1 atom stereocenters. The Hall–Kier alpha value is 0.160. The van der Waals surface area contributed by atoms with Gasteiger partial charge < -0.3 is 0 Å². The average molecular weight is 201 g/mol. The van der Waals surface area contributed by atoms with Crippen LogP contribution in [0, 0.1) is 5.82 Å². The van der Waals surface area contributed by atoms with Crippen LogP contribution in [-0.2, 0) is 0 Å². The van der Waals surface area contributed by atoms with Crippen molar-refractivity contribution in [1.29, 1.82) is 0 Å². The fourth-order valence-electron chi connectivity index (χ4n) is 0.475. The number of hydrogen-bond donors (Lipinski definition) is 0. The molecule has 1 unspecified atom stereocenters. The van der Waals surface area contributed by atoms with Crippen LogP contribution in [0.3, 0.4) is 0 Å². The van der Waals surface area contributed by atoms with Crippen molar-refractivity contribution in [1.82, 2.24) is 0 Å². The Morgan fingerprint density at radius 3 is 1.90 bits per heavy atom. The summed E-state index contributed by atoms with van der Waals surface area (Å²) in [7, 11) is 2.31. The van der Waals surface area contributed by atoms with E-state index in [9.17, 15) is 4.39 Å². The third-order valence-corrected chi connectivity index (χ3v) is 1.37. The molecule has 0 bridgehead atoms. The smallest absolute Gasteiger partial charge is 0.130 e. The van der Waals surface area contributed by atoms with Crippen LogP contribution in [0.4, 0.5) is 4.39 Å². The van der Waals surface area contributed by atoms with Gasteiger partial charge in [0.15, 0.2) is 0 Å². The predicted octanol–water partition coefficient (Wildman–Crippen LogP) is 2.17. The summed E-state index contributed by atoms with van der Waals surface area (Å²) < 4.78 is 12.3. The van der Waals surface area contributed by atoms with Gasteiger partial charge >= 0.3 is 0 Å². The van der Waals surface area contributed by atoms with E-state index < -0.39 is 0 Å². The summed E-state index contributed by atoms with van der Waals surface area (Å²) in [6.07, 6.45) is 0. The van der Waals surface area contributed by atoms with Gasteiger partial charge in [0, 0.05) is 5.30 Å². The van der Waals surface area contributed by atoms with Crippen molar-refractivity contribution in [3.8, 4) is 0 Å². The molecule has 0 saturated carbocycles. The Morgan fingerprint density at radius 2 is 1.60 bits per heavy atom. The van der Waals surface area contributed by atoms with E-state index in [0.29, 0.717) is 5.30 Å². The second kappa shape index (κ2) is 5.91. The quantitative estimate of drug-likeness (QED) is 0.564. The SMILES string of the molecule is Cl.Cl.Fc1ccccc1P. The Morgan fingerprint density at radius 1 is 1.10 bits per heavy atom. The lowest BCUT2D eigenvalue weighted by atomic mass is 10.3. The highest BCUT2D eigenvalue weighted by Gasteiger charge is 1.88. The molecule has 0 heterocycles. The van der Waals surface area contributed by atoms with Crippen LogP contribution in [0.25, 0.3) is 0 Å². The molecule has 1 aromatic carbocycles. The first-order valence-electron chi connectivity index (χ1n) is 2.31. The molecule has 1 aromatic rings. The van der Waals surface area contributed by atoms with Gasteiger partial charge in [0.2, 0.25) is 0 Å². The summed E-state index contributed by atoms with van der Waals surface area (Å²) in [5.41, 5.74) is 0. The van der Waals surface area contributed by atoms with Crippen LogP contribution in [-0.4, -0.2) is 0 Å². The Kier molecular flexibility index (Phi) is 7.56. The number of benzene rings is 1. The molecule has 0 aromatic heterocycles. The Balaban J connectivity index is 0. The molecular formula is C6H8Cl2FP. The lowest BCUT2D eigenvalue weighted by Crippen LogP contribution is -1.94. The van der Waals surface area contributed by atoms with Crippen molar-refractivity contribution in [2.75, 3.05) is 0 Å². The highest BCUT2D eigenvalue weighted by molar-refractivity contribution is 7.27. The topological polar surface area (TPSA) is 0 Å².